The Balaban J connectivity index is 0.00000149. The van der Waals surface area contributed by atoms with Gasteiger partial charge in [0.05, 0.1) is 6.07 Å². The fourth-order valence-electron chi connectivity index (χ4n) is 4.35. The van der Waals surface area contributed by atoms with E-state index in [1.807, 2.05) is 68.4 Å². The number of rotatable bonds is 9. The zero-order valence-electron chi connectivity index (χ0n) is 20.0. The lowest BCUT2D eigenvalue weighted by Crippen LogP contribution is -2.28. The predicted molar refractivity (Wildman–Crippen MR) is 137 cm³/mol. The fraction of sp³-hybridized carbons (Fsp3) is 0.300. The number of nitrogens with zero attached hydrogens (tertiary/aromatic N) is 1. The van der Waals surface area contributed by atoms with E-state index < -0.39 is 5.41 Å². The molecule has 3 aromatic carbocycles. The number of furan rings is 1. The number of hydrogen-bond donors (Lipinski definition) is 1. The molecular formula is C30H34N2O. The van der Waals surface area contributed by atoms with E-state index in [9.17, 15) is 5.26 Å². The maximum Gasteiger partial charge on any atom is 0.134 e. The summed E-state index contributed by atoms with van der Waals surface area (Å²) in [6.45, 7) is 7.85. The normalized spacial score (nSPS) is 11.0. The van der Waals surface area contributed by atoms with Gasteiger partial charge < -0.3 is 9.73 Å². The van der Waals surface area contributed by atoms with E-state index in [1.165, 1.54) is 10.9 Å². The summed E-state index contributed by atoms with van der Waals surface area (Å²) in [7, 11) is 0. The average molecular weight is 439 g/mol. The van der Waals surface area contributed by atoms with E-state index in [-0.39, 0.29) is 0 Å². The van der Waals surface area contributed by atoms with Crippen LogP contribution in [-0.2, 0) is 11.8 Å². The highest BCUT2D eigenvalue weighted by atomic mass is 16.3. The van der Waals surface area contributed by atoms with Gasteiger partial charge in [-0.1, -0.05) is 92.7 Å². The first-order chi connectivity index (χ1) is 16.2. The van der Waals surface area contributed by atoms with Gasteiger partial charge in [-0.3, -0.25) is 0 Å². The molecule has 0 aliphatic rings. The molecular weight excluding hydrogens is 404 g/mol. The number of aryl methyl sites for hydroxylation is 1. The maximum atomic E-state index is 10.3. The Kier molecular flexibility index (Phi) is 8.87. The molecule has 0 fully saturated rings. The molecule has 4 aromatic rings. The third kappa shape index (κ3) is 5.53. The van der Waals surface area contributed by atoms with E-state index in [0.29, 0.717) is 0 Å². The van der Waals surface area contributed by atoms with Gasteiger partial charge in [0.15, 0.2) is 0 Å². The molecule has 1 heterocycles. The molecule has 3 heteroatoms. The van der Waals surface area contributed by atoms with Gasteiger partial charge in [0.25, 0.3) is 0 Å². The van der Waals surface area contributed by atoms with E-state index in [4.69, 9.17) is 4.42 Å². The quantitative estimate of drug-likeness (QED) is 0.281. The van der Waals surface area contributed by atoms with Crippen molar-refractivity contribution in [2.45, 2.75) is 45.4 Å². The molecule has 170 valence electrons. The second kappa shape index (κ2) is 12.0. The van der Waals surface area contributed by atoms with Crippen molar-refractivity contribution in [3.05, 3.63) is 107 Å². The van der Waals surface area contributed by atoms with E-state index >= 15 is 0 Å². The van der Waals surface area contributed by atoms with Crippen LogP contribution in [0.4, 0.5) is 0 Å². The van der Waals surface area contributed by atoms with Crippen LogP contribution in [0.15, 0.2) is 89.3 Å². The first-order valence-electron chi connectivity index (χ1n) is 11.9. The van der Waals surface area contributed by atoms with E-state index in [1.54, 1.807) is 0 Å². The first-order valence-corrected chi connectivity index (χ1v) is 11.9. The molecule has 0 amide bonds. The number of nitriles is 1. The van der Waals surface area contributed by atoms with Crippen molar-refractivity contribution in [2.24, 2.45) is 0 Å². The van der Waals surface area contributed by atoms with Gasteiger partial charge in [0.1, 0.15) is 16.8 Å². The fourth-order valence-corrected chi connectivity index (χ4v) is 4.35. The predicted octanol–water partition coefficient (Wildman–Crippen LogP) is 7.19. The van der Waals surface area contributed by atoms with Crippen LogP contribution in [0.25, 0.3) is 11.0 Å². The lowest BCUT2D eigenvalue weighted by molar-refractivity contribution is 0.508. The summed E-state index contributed by atoms with van der Waals surface area (Å²) in [6, 6.07) is 31.1. The van der Waals surface area contributed by atoms with Crippen LogP contribution >= 0.6 is 0 Å². The topological polar surface area (TPSA) is 49.0 Å². The molecule has 0 bridgehead atoms. The molecule has 1 aromatic heterocycles. The van der Waals surface area contributed by atoms with Crippen molar-refractivity contribution in [1.82, 2.24) is 5.32 Å². The lowest BCUT2D eigenvalue weighted by atomic mass is 9.72. The van der Waals surface area contributed by atoms with Gasteiger partial charge in [-0.25, -0.2) is 0 Å². The maximum absolute atomic E-state index is 10.3. The van der Waals surface area contributed by atoms with Gasteiger partial charge in [-0.05, 0) is 49.1 Å². The number of nitrogens with one attached hydrogen (secondary N) is 1. The molecule has 0 spiro atoms. The van der Waals surface area contributed by atoms with Crippen LogP contribution in [0.2, 0.25) is 0 Å². The second-order valence-corrected chi connectivity index (χ2v) is 8.00. The first kappa shape index (κ1) is 24.3. The molecule has 3 nitrogen and oxygen atoms in total. The van der Waals surface area contributed by atoms with Gasteiger partial charge in [0, 0.05) is 18.4 Å². The molecule has 0 unspecified atom stereocenters. The summed E-state index contributed by atoms with van der Waals surface area (Å²) in [5.41, 5.74) is 3.68. The molecule has 0 atom stereocenters. The summed E-state index contributed by atoms with van der Waals surface area (Å²) in [4.78, 5) is 0. The molecule has 33 heavy (non-hydrogen) atoms. The van der Waals surface area contributed by atoms with E-state index in [2.05, 4.69) is 48.6 Å². The van der Waals surface area contributed by atoms with Crippen LogP contribution in [-0.4, -0.2) is 13.1 Å². The van der Waals surface area contributed by atoms with Crippen molar-refractivity contribution in [3.63, 3.8) is 0 Å². The molecule has 0 saturated carbocycles. The smallest absolute Gasteiger partial charge is 0.134 e. The van der Waals surface area contributed by atoms with Crippen LogP contribution in [0.3, 0.4) is 0 Å². The summed E-state index contributed by atoms with van der Waals surface area (Å²) in [6.07, 6.45) is 2.55. The monoisotopic (exact) mass is 438 g/mol. The standard InChI is InChI=1S/C28H28N2O.C2H6/c1-22-25-15-8-9-16-27(25)31-26(22)17-20-30-19-10-18-28(21-29,23-11-4-2-5-12-23)24-13-6-3-7-14-24;1-2/h2-9,11-16,30H,10,17-20H2,1H3;1-2H3. The van der Waals surface area contributed by atoms with Crippen LogP contribution < -0.4 is 5.32 Å². The van der Waals surface area contributed by atoms with Gasteiger partial charge >= 0.3 is 0 Å². The van der Waals surface area contributed by atoms with Crippen molar-refractivity contribution >= 4 is 11.0 Å². The van der Waals surface area contributed by atoms with Crippen LogP contribution in [0, 0.1) is 18.3 Å². The molecule has 0 saturated heterocycles. The Bertz CT molecular complexity index is 1120. The van der Waals surface area contributed by atoms with Crippen LogP contribution in [0.5, 0.6) is 0 Å². The Labute approximate surface area is 198 Å². The minimum Gasteiger partial charge on any atom is -0.461 e. The third-order valence-corrected chi connectivity index (χ3v) is 6.10. The molecule has 4 rings (SSSR count). The van der Waals surface area contributed by atoms with Crippen LogP contribution in [0.1, 0.15) is 49.1 Å². The highest BCUT2D eigenvalue weighted by Crippen LogP contribution is 2.36. The molecule has 0 aliphatic heterocycles. The minimum absolute atomic E-state index is 0.625. The Morgan fingerprint density at radius 2 is 1.39 bits per heavy atom. The Morgan fingerprint density at radius 1 is 0.818 bits per heavy atom. The number of fused-ring (bicyclic) bond motifs is 1. The molecule has 0 aliphatic carbocycles. The zero-order valence-corrected chi connectivity index (χ0v) is 20.0. The van der Waals surface area contributed by atoms with Gasteiger partial charge in [-0.2, -0.15) is 5.26 Å². The van der Waals surface area contributed by atoms with Crippen molar-refractivity contribution in [3.8, 4) is 6.07 Å². The SMILES string of the molecule is CC.Cc1c(CCNCCCC(C#N)(c2ccccc2)c2ccccc2)oc2ccccc12. The lowest BCUT2D eigenvalue weighted by Gasteiger charge is -2.28. The Morgan fingerprint density at radius 3 is 1.97 bits per heavy atom. The molecule has 0 radical (unpaired) electrons. The summed E-state index contributed by atoms with van der Waals surface area (Å²) < 4.78 is 6.01. The molecule has 1 N–H and O–H groups in total. The van der Waals surface area contributed by atoms with Gasteiger partial charge in [-0.15, -0.1) is 0 Å². The van der Waals surface area contributed by atoms with E-state index in [0.717, 1.165) is 54.8 Å². The second-order valence-electron chi connectivity index (χ2n) is 8.00. The third-order valence-electron chi connectivity index (χ3n) is 6.10. The Hall–Kier alpha value is -3.35. The van der Waals surface area contributed by atoms with Gasteiger partial charge in [0.2, 0.25) is 0 Å². The number of benzene rings is 3. The largest absolute Gasteiger partial charge is 0.461 e. The van der Waals surface area contributed by atoms with Crippen molar-refractivity contribution in [2.75, 3.05) is 13.1 Å². The number of para-hydroxylation sites is 1. The average Bonchev–Trinajstić information content (AvgIpc) is 3.21. The van der Waals surface area contributed by atoms with Crippen molar-refractivity contribution < 1.29 is 4.42 Å². The highest BCUT2D eigenvalue weighted by Gasteiger charge is 2.33. The minimum atomic E-state index is -0.625. The van der Waals surface area contributed by atoms with Crippen molar-refractivity contribution in [1.29, 1.82) is 5.26 Å². The summed E-state index contributed by atoms with van der Waals surface area (Å²) >= 11 is 0. The zero-order chi connectivity index (χ0) is 23.5. The summed E-state index contributed by atoms with van der Waals surface area (Å²) in [5.74, 6) is 1.05. The number of hydrogen-bond acceptors (Lipinski definition) is 3. The summed E-state index contributed by atoms with van der Waals surface area (Å²) in [5, 5.41) is 15.0. The highest BCUT2D eigenvalue weighted by molar-refractivity contribution is 5.81.